The average Bonchev–Trinajstić information content (AvgIpc) is 2.14. The van der Waals surface area contributed by atoms with Crippen molar-refractivity contribution in [3.8, 4) is 0 Å². The molecule has 3 nitrogen and oxygen atoms in total. The number of benzene rings is 1. The Morgan fingerprint density at radius 3 is 2.35 bits per heavy atom. The van der Waals surface area contributed by atoms with E-state index in [9.17, 15) is 27.5 Å². The molecule has 0 aliphatic carbocycles. The van der Waals surface area contributed by atoms with Crippen LogP contribution >= 0.6 is 0 Å². The van der Waals surface area contributed by atoms with Gasteiger partial charge in [0.15, 0.2) is 0 Å². The lowest BCUT2D eigenvalue weighted by atomic mass is 10.0. The maximum absolute atomic E-state index is 13.1. The van der Waals surface area contributed by atoms with E-state index in [0.29, 0.717) is 12.1 Å². The highest BCUT2D eigenvalue weighted by Crippen LogP contribution is 2.32. The first-order valence-corrected chi connectivity index (χ1v) is 4.48. The molecule has 0 radical (unpaired) electrons. The monoisotopic (exact) mass is 252 g/mol. The second-order valence-corrected chi connectivity index (χ2v) is 3.35. The second-order valence-electron chi connectivity index (χ2n) is 3.35. The van der Waals surface area contributed by atoms with Gasteiger partial charge in [-0.15, -0.1) is 0 Å². The van der Waals surface area contributed by atoms with E-state index in [0.717, 1.165) is 6.07 Å². The molecule has 0 saturated carbocycles. The highest BCUT2D eigenvalue weighted by molar-refractivity contribution is 5.67. The number of hydrogen-bond donors (Lipinski definition) is 2. The molecule has 0 bridgehead atoms. The molecule has 0 amide bonds. The van der Waals surface area contributed by atoms with Crippen LogP contribution in [0.4, 0.5) is 17.6 Å². The zero-order valence-electron chi connectivity index (χ0n) is 8.33. The van der Waals surface area contributed by atoms with Gasteiger partial charge in [0.1, 0.15) is 5.82 Å². The van der Waals surface area contributed by atoms with Crippen LogP contribution in [0.5, 0.6) is 0 Å². The van der Waals surface area contributed by atoms with Gasteiger partial charge in [0, 0.05) is 0 Å². The van der Waals surface area contributed by atoms with Crippen molar-refractivity contribution in [3.05, 3.63) is 35.1 Å². The van der Waals surface area contributed by atoms with E-state index in [-0.39, 0.29) is 5.56 Å². The Balaban J connectivity index is 3.00. The van der Waals surface area contributed by atoms with Gasteiger partial charge in [-0.25, -0.2) is 4.39 Å². The zero-order valence-corrected chi connectivity index (χ0v) is 8.33. The molecule has 94 valence electrons. The minimum absolute atomic E-state index is 0.210. The molecule has 1 unspecified atom stereocenters. The van der Waals surface area contributed by atoms with Gasteiger partial charge in [0.05, 0.1) is 18.1 Å². The largest absolute Gasteiger partial charge is 0.481 e. The lowest BCUT2D eigenvalue weighted by Gasteiger charge is -2.12. The molecule has 7 heteroatoms. The van der Waals surface area contributed by atoms with Crippen LogP contribution in [0.2, 0.25) is 0 Å². The van der Waals surface area contributed by atoms with E-state index in [2.05, 4.69) is 0 Å². The summed E-state index contributed by atoms with van der Waals surface area (Å²) in [6, 6.07) is 1.80. The van der Waals surface area contributed by atoms with E-state index in [1.54, 1.807) is 0 Å². The fourth-order valence-corrected chi connectivity index (χ4v) is 1.25. The van der Waals surface area contributed by atoms with Gasteiger partial charge >= 0.3 is 12.1 Å². The number of alkyl halides is 3. The summed E-state index contributed by atoms with van der Waals surface area (Å²) >= 11 is 0. The number of carboxylic acids is 1. The normalized spacial score (nSPS) is 13.5. The summed E-state index contributed by atoms with van der Waals surface area (Å²) in [5.74, 6) is -2.88. The molecule has 0 saturated heterocycles. The van der Waals surface area contributed by atoms with E-state index < -0.39 is 36.1 Å². The number of hydrogen-bond acceptors (Lipinski definition) is 2. The fraction of sp³-hybridized carbons (Fsp3) is 0.300. The number of aliphatic hydroxyl groups excluding tert-OH is 1. The first-order chi connectivity index (χ1) is 7.71. The molecule has 17 heavy (non-hydrogen) atoms. The smallest absolute Gasteiger partial charge is 0.419 e. The van der Waals surface area contributed by atoms with Crippen LogP contribution in [-0.2, 0) is 11.0 Å². The van der Waals surface area contributed by atoms with Crippen molar-refractivity contribution in [1.82, 2.24) is 0 Å². The van der Waals surface area contributed by atoms with Crippen LogP contribution < -0.4 is 0 Å². The number of carboxylic acid groups (broad SMARTS) is 1. The molecule has 1 atom stereocenters. The second kappa shape index (κ2) is 4.70. The summed E-state index contributed by atoms with van der Waals surface area (Å²) in [6.07, 6.45) is -7.06. The van der Waals surface area contributed by atoms with Gasteiger partial charge in [-0.1, -0.05) is 6.07 Å². The van der Waals surface area contributed by atoms with Gasteiger partial charge in [-0.05, 0) is 17.7 Å². The molecule has 2 N–H and O–H groups in total. The van der Waals surface area contributed by atoms with Crippen molar-refractivity contribution >= 4 is 5.97 Å². The third-order valence-corrected chi connectivity index (χ3v) is 2.05. The Hall–Kier alpha value is -1.63. The van der Waals surface area contributed by atoms with E-state index in [1.165, 1.54) is 0 Å². The van der Waals surface area contributed by atoms with Crippen molar-refractivity contribution < 1.29 is 32.6 Å². The van der Waals surface area contributed by atoms with Crippen LogP contribution in [-0.4, -0.2) is 16.2 Å². The molecule has 0 fully saturated rings. The van der Waals surface area contributed by atoms with Crippen LogP contribution in [0.25, 0.3) is 0 Å². The first-order valence-electron chi connectivity index (χ1n) is 4.48. The fourth-order valence-electron chi connectivity index (χ4n) is 1.25. The van der Waals surface area contributed by atoms with Gasteiger partial charge in [0.2, 0.25) is 0 Å². The van der Waals surface area contributed by atoms with Crippen molar-refractivity contribution in [2.75, 3.05) is 0 Å². The summed E-state index contributed by atoms with van der Waals surface area (Å²) in [5, 5.41) is 17.6. The quantitative estimate of drug-likeness (QED) is 0.812. The summed E-state index contributed by atoms with van der Waals surface area (Å²) in [6.45, 7) is 0. The van der Waals surface area contributed by atoms with Gasteiger partial charge in [0.25, 0.3) is 0 Å². The van der Waals surface area contributed by atoms with Crippen molar-refractivity contribution in [2.45, 2.75) is 18.7 Å². The van der Waals surface area contributed by atoms with Crippen molar-refractivity contribution in [1.29, 1.82) is 0 Å². The molecule has 0 aliphatic rings. The highest BCUT2D eigenvalue weighted by atomic mass is 19.4. The van der Waals surface area contributed by atoms with Gasteiger partial charge in [-0.2, -0.15) is 13.2 Å². The molecule has 1 rings (SSSR count). The lowest BCUT2D eigenvalue weighted by molar-refractivity contribution is -0.141. The Morgan fingerprint density at radius 2 is 1.94 bits per heavy atom. The highest BCUT2D eigenvalue weighted by Gasteiger charge is 2.34. The summed E-state index contributed by atoms with van der Waals surface area (Å²) in [4.78, 5) is 10.3. The molecule has 0 spiro atoms. The summed E-state index contributed by atoms with van der Waals surface area (Å²) in [5.41, 5.74) is -1.67. The molecular weight excluding hydrogens is 244 g/mol. The SMILES string of the molecule is O=C(O)CC(O)c1ccc(C(F)(F)F)c(F)c1. The number of carbonyl (C=O) groups is 1. The maximum Gasteiger partial charge on any atom is 0.419 e. The van der Waals surface area contributed by atoms with E-state index in [1.807, 2.05) is 0 Å². The zero-order chi connectivity index (χ0) is 13.2. The molecule has 0 aromatic heterocycles. The number of rotatable bonds is 3. The Labute approximate surface area is 93.3 Å². The van der Waals surface area contributed by atoms with Crippen LogP contribution in [0.1, 0.15) is 23.7 Å². The Kier molecular flexibility index (Phi) is 3.72. The number of aliphatic hydroxyl groups is 1. The minimum Gasteiger partial charge on any atom is -0.481 e. The van der Waals surface area contributed by atoms with Crippen molar-refractivity contribution in [3.63, 3.8) is 0 Å². The third-order valence-electron chi connectivity index (χ3n) is 2.05. The molecule has 1 aromatic carbocycles. The molecular formula is C10H8F4O3. The topological polar surface area (TPSA) is 57.5 Å². The summed E-state index contributed by atoms with van der Waals surface area (Å²) < 4.78 is 49.7. The number of aliphatic carboxylic acids is 1. The van der Waals surface area contributed by atoms with Gasteiger partial charge < -0.3 is 10.2 Å². The lowest BCUT2D eigenvalue weighted by Crippen LogP contribution is -2.10. The van der Waals surface area contributed by atoms with Crippen LogP contribution in [0.15, 0.2) is 18.2 Å². The first kappa shape index (κ1) is 13.4. The molecule has 0 aliphatic heterocycles. The predicted octanol–water partition coefficient (Wildman–Crippen LogP) is 2.35. The standard InChI is InChI=1S/C10H8F4O3/c11-7-3-5(8(15)4-9(16)17)1-2-6(7)10(12,13)14/h1-3,8,15H,4H2,(H,16,17). The van der Waals surface area contributed by atoms with Gasteiger partial charge in [-0.3, -0.25) is 4.79 Å². The average molecular weight is 252 g/mol. The predicted molar refractivity (Wildman–Crippen MR) is 48.6 cm³/mol. The third kappa shape index (κ3) is 3.42. The van der Waals surface area contributed by atoms with E-state index >= 15 is 0 Å². The molecule has 0 heterocycles. The summed E-state index contributed by atoms with van der Waals surface area (Å²) in [7, 11) is 0. The minimum atomic E-state index is -4.82. The van der Waals surface area contributed by atoms with E-state index in [4.69, 9.17) is 5.11 Å². The maximum atomic E-state index is 13.1. The van der Waals surface area contributed by atoms with Crippen LogP contribution in [0.3, 0.4) is 0 Å². The van der Waals surface area contributed by atoms with Crippen LogP contribution in [0, 0.1) is 5.82 Å². The van der Waals surface area contributed by atoms with Crippen molar-refractivity contribution in [2.24, 2.45) is 0 Å². The Morgan fingerprint density at radius 1 is 1.35 bits per heavy atom. The Bertz CT molecular complexity index is 428. The number of halogens is 4. The molecule has 1 aromatic rings.